The molecule has 0 radical (unpaired) electrons. The number of rotatable bonds is 2. The Hall–Kier alpha value is -2.62. The van der Waals surface area contributed by atoms with E-state index in [0.29, 0.717) is 11.4 Å². The fraction of sp³-hybridized carbons (Fsp3) is 0.0625. The van der Waals surface area contributed by atoms with E-state index >= 15 is 0 Å². The third kappa shape index (κ3) is 2.28. The maximum atomic E-state index is 13.5. The molecule has 0 aliphatic rings. The molecule has 3 aromatic rings. The van der Waals surface area contributed by atoms with Crippen molar-refractivity contribution in [2.45, 2.75) is 6.92 Å². The summed E-state index contributed by atoms with van der Waals surface area (Å²) in [7, 11) is 0. The van der Waals surface area contributed by atoms with E-state index in [9.17, 15) is 4.39 Å². The van der Waals surface area contributed by atoms with Gasteiger partial charge in [0.05, 0.1) is 23.1 Å². The highest BCUT2D eigenvalue weighted by Gasteiger charge is 2.07. The molecule has 0 fully saturated rings. The lowest BCUT2D eigenvalue weighted by atomic mass is 10.1. The monoisotopic (exact) mass is 267 g/mol. The van der Waals surface area contributed by atoms with Crippen LogP contribution in [0.2, 0.25) is 0 Å². The predicted molar refractivity (Wildman–Crippen MR) is 80.6 cm³/mol. The molecule has 0 aliphatic heterocycles. The Bertz CT molecular complexity index is 764. The van der Waals surface area contributed by atoms with Crippen molar-refractivity contribution in [3.05, 3.63) is 60.0 Å². The zero-order valence-corrected chi connectivity index (χ0v) is 11.0. The van der Waals surface area contributed by atoms with Gasteiger partial charge in [0, 0.05) is 11.1 Å². The third-order valence-electron chi connectivity index (χ3n) is 3.12. The number of fused-ring (bicyclic) bond motifs is 1. The number of nitrogens with zero attached hydrogens (tertiary/aromatic N) is 1. The van der Waals surface area contributed by atoms with Crippen molar-refractivity contribution < 1.29 is 4.39 Å². The van der Waals surface area contributed by atoms with Crippen LogP contribution in [0, 0.1) is 12.7 Å². The lowest BCUT2D eigenvalue weighted by Gasteiger charge is -2.12. The molecule has 1 heterocycles. The third-order valence-corrected chi connectivity index (χ3v) is 3.12. The van der Waals surface area contributed by atoms with Gasteiger partial charge in [-0.3, -0.25) is 4.98 Å². The van der Waals surface area contributed by atoms with E-state index in [4.69, 9.17) is 5.73 Å². The molecule has 3 rings (SSSR count). The molecule has 0 bridgehead atoms. The number of pyridine rings is 1. The van der Waals surface area contributed by atoms with Crippen LogP contribution in [0.4, 0.5) is 21.5 Å². The van der Waals surface area contributed by atoms with Crippen molar-refractivity contribution in [3.8, 4) is 0 Å². The molecule has 0 aliphatic carbocycles. The average molecular weight is 267 g/mol. The van der Waals surface area contributed by atoms with Crippen LogP contribution >= 0.6 is 0 Å². The molecular formula is C16H14FN3. The molecule has 0 atom stereocenters. The van der Waals surface area contributed by atoms with Crippen LogP contribution in [-0.4, -0.2) is 4.98 Å². The van der Waals surface area contributed by atoms with Crippen LogP contribution in [0.25, 0.3) is 10.9 Å². The molecule has 3 nitrogen and oxygen atoms in total. The quantitative estimate of drug-likeness (QED) is 0.737. The zero-order valence-electron chi connectivity index (χ0n) is 11.0. The molecule has 0 saturated carbocycles. The molecule has 0 saturated heterocycles. The van der Waals surface area contributed by atoms with Gasteiger partial charge in [0.2, 0.25) is 0 Å². The minimum absolute atomic E-state index is 0.274. The Morgan fingerprint density at radius 2 is 1.95 bits per heavy atom. The van der Waals surface area contributed by atoms with E-state index in [1.807, 2.05) is 37.3 Å². The molecule has 2 aromatic carbocycles. The van der Waals surface area contributed by atoms with E-state index in [1.54, 1.807) is 6.20 Å². The first-order valence-electron chi connectivity index (χ1n) is 6.31. The summed E-state index contributed by atoms with van der Waals surface area (Å²) in [5, 5.41) is 4.10. The van der Waals surface area contributed by atoms with Crippen molar-refractivity contribution >= 4 is 28.0 Å². The second-order valence-electron chi connectivity index (χ2n) is 4.75. The zero-order chi connectivity index (χ0) is 14.1. The highest BCUT2D eigenvalue weighted by Crippen LogP contribution is 2.30. The number of nitrogens with one attached hydrogen (secondary N) is 1. The first-order valence-corrected chi connectivity index (χ1v) is 6.31. The first kappa shape index (κ1) is 12.4. The molecule has 20 heavy (non-hydrogen) atoms. The van der Waals surface area contributed by atoms with Crippen LogP contribution in [-0.2, 0) is 0 Å². The Kier molecular flexibility index (Phi) is 2.99. The number of hydrogen-bond acceptors (Lipinski definition) is 3. The standard InChI is InChI=1S/C16H14FN3/c1-10-6-11(17)8-12(7-10)20-16-13-4-2-3-5-15(13)19-9-14(16)18/h2-9H,18H2,1H3,(H,19,20). The fourth-order valence-corrected chi connectivity index (χ4v) is 2.25. The maximum Gasteiger partial charge on any atom is 0.125 e. The van der Waals surface area contributed by atoms with Crippen LogP contribution in [0.15, 0.2) is 48.7 Å². The molecule has 0 amide bonds. The molecule has 100 valence electrons. The fourth-order valence-electron chi connectivity index (χ4n) is 2.25. The number of para-hydroxylation sites is 1. The Labute approximate surface area is 116 Å². The molecule has 1 aromatic heterocycles. The van der Waals surface area contributed by atoms with Crippen LogP contribution in [0.3, 0.4) is 0 Å². The van der Waals surface area contributed by atoms with Crippen LogP contribution in [0.5, 0.6) is 0 Å². The van der Waals surface area contributed by atoms with Crippen LogP contribution < -0.4 is 11.1 Å². The Balaban J connectivity index is 2.12. The SMILES string of the molecule is Cc1cc(F)cc(Nc2c(N)cnc3ccccc23)c1. The summed E-state index contributed by atoms with van der Waals surface area (Å²) in [6, 6.07) is 12.5. The lowest BCUT2D eigenvalue weighted by Crippen LogP contribution is -1.99. The number of anilines is 3. The van der Waals surface area contributed by atoms with E-state index in [0.717, 1.165) is 22.2 Å². The highest BCUT2D eigenvalue weighted by molar-refractivity contribution is 5.98. The minimum atomic E-state index is -0.274. The van der Waals surface area contributed by atoms with Crippen LogP contribution in [0.1, 0.15) is 5.56 Å². The van der Waals surface area contributed by atoms with Gasteiger partial charge in [0.15, 0.2) is 0 Å². The molecule has 3 N–H and O–H groups in total. The van der Waals surface area contributed by atoms with Crippen molar-refractivity contribution in [1.29, 1.82) is 0 Å². The molecule has 0 spiro atoms. The summed E-state index contributed by atoms with van der Waals surface area (Å²) in [5.74, 6) is -0.274. The second kappa shape index (κ2) is 4.81. The van der Waals surface area contributed by atoms with E-state index in [2.05, 4.69) is 10.3 Å². The average Bonchev–Trinajstić information content (AvgIpc) is 2.41. The number of aromatic nitrogens is 1. The van der Waals surface area contributed by atoms with Gasteiger partial charge in [0.25, 0.3) is 0 Å². The summed E-state index contributed by atoms with van der Waals surface area (Å²) in [6.07, 6.45) is 1.61. The smallest absolute Gasteiger partial charge is 0.125 e. The van der Waals surface area contributed by atoms with E-state index in [1.165, 1.54) is 12.1 Å². The number of nitrogens with two attached hydrogens (primary N) is 1. The molecule has 0 unspecified atom stereocenters. The number of hydrogen-bond donors (Lipinski definition) is 2. The normalized spacial score (nSPS) is 10.7. The maximum absolute atomic E-state index is 13.5. The summed E-state index contributed by atoms with van der Waals surface area (Å²) in [4.78, 5) is 4.28. The summed E-state index contributed by atoms with van der Waals surface area (Å²) in [5.41, 5.74) is 9.64. The van der Waals surface area contributed by atoms with Crippen molar-refractivity contribution in [2.24, 2.45) is 0 Å². The second-order valence-corrected chi connectivity index (χ2v) is 4.75. The predicted octanol–water partition coefficient (Wildman–Crippen LogP) is 4.01. The number of aryl methyl sites for hydroxylation is 1. The van der Waals surface area contributed by atoms with Gasteiger partial charge in [-0.25, -0.2) is 4.39 Å². The van der Waals surface area contributed by atoms with Gasteiger partial charge in [-0.05, 0) is 36.8 Å². The number of benzene rings is 2. The van der Waals surface area contributed by atoms with Gasteiger partial charge in [-0.15, -0.1) is 0 Å². The van der Waals surface area contributed by atoms with Gasteiger partial charge in [0.1, 0.15) is 5.82 Å². The van der Waals surface area contributed by atoms with E-state index in [-0.39, 0.29) is 5.82 Å². The molecule has 4 heteroatoms. The van der Waals surface area contributed by atoms with Gasteiger partial charge in [-0.2, -0.15) is 0 Å². The topological polar surface area (TPSA) is 50.9 Å². The largest absolute Gasteiger partial charge is 0.396 e. The number of halogens is 1. The van der Waals surface area contributed by atoms with Gasteiger partial charge in [-0.1, -0.05) is 18.2 Å². The number of nitrogen functional groups attached to an aromatic ring is 1. The lowest BCUT2D eigenvalue weighted by molar-refractivity contribution is 0.627. The van der Waals surface area contributed by atoms with Crippen molar-refractivity contribution in [3.63, 3.8) is 0 Å². The Morgan fingerprint density at radius 1 is 1.15 bits per heavy atom. The van der Waals surface area contributed by atoms with Gasteiger partial charge >= 0.3 is 0 Å². The summed E-state index contributed by atoms with van der Waals surface area (Å²) < 4.78 is 13.5. The van der Waals surface area contributed by atoms with E-state index < -0.39 is 0 Å². The summed E-state index contributed by atoms with van der Waals surface area (Å²) in [6.45, 7) is 1.85. The first-order chi connectivity index (χ1) is 9.63. The van der Waals surface area contributed by atoms with Gasteiger partial charge < -0.3 is 11.1 Å². The summed E-state index contributed by atoms with van der Waals surface area (Å²) >= 11 is 0. The van der Waals surface area contributed by atoms with Crippen molar-refractivity contribution in [1.82, 2.24) is 4.98 Å². The van der Waals surface area contributed by atoms with Crippen molar-refractivity contribution in [2.75, 3.05) is 11.1 Å². The highest BCUT2D eigenvalue weighted by atomic mass is 19.1. The minimum Gasteiger partial charge on any atom is -0.396 e. The molecular weight excluding hydrogens is 253 g/mol. The Morgan fingerprint density at radius 3 is 2.75 bits per heavy atom.